The second-order valence-electron chi connectivity index (χ2n) is 16.9. The first-order valence-corrected chi connectivity index (χ1v) is 22.5. The Morgan fingerprint density at radius 3 is 1.21 bits per heavy atom. The lowest BCUT2D eigenvalue weighted by Crippen LogP contribution is -2.10. The van der Waals surface area contributed by atoms with E-state index in [2.05, 4.69) is 241 Å². The van der Waals surface area contributed by atoms with Crippen molar-refractivity contribution in [2.24, 2.45) is 0 Å². The van der Waals surface area contributed by atoms with Gasteiger partial charge in [-0.25, -0.2) is 9.97 Å². The van der Waals surface area contributed by atoms with Crippen molar-refractivity contribution in [1.29, 1.82) is 0 Å². The van der Waals surface area contributed by atoms with E-state index in [1.165, 1.54) is 11.1 Å². The molecule has 5 nitrogen and oxygen atoms in total. The van der Waals surface area contributed by atoms with Crippen molar-refractivity contribution in [3.63, 3.8) is 0 Å². The van der Waals surface area contributed by atoms with Crippen LogP contribution in [0.25, 0.3) is 61.4 Å². The Kier molecular flexibility index (Phi) is 10.5. The molecule has 0 bridgehead atoms. The van der Waals surface area contributed by atoms with Crippen LogP contribution in [0.15, 0.2) is 231 Å². The van der Waals surface area contributed by atoms with Gasteiger partial charge in [-0.05, 0) is 129 Å². The topological polar surface area (TPSA) is 37.2 Å². The molecular formula is C61H47N5. The number of para-hydroxylation sites is 2. The van der Waals surface area contributed by atoms with E-state index in [-0.39, 0.29) is 0 Å². The predicted molar refractivity (Wildman–Crippen MR) is 276 cm³/mol. The smallest absolute Gasteiger partial charge is 0.160 e. The van der Waals surface area contributed by atoms with Crippen molar-refractivity contribution in [3.05, 3.63) is 247 Å². The van der Waals surface area contributed by atoms with Crippen LogP contribution in [0.3, 0.4) is 0 Å². The van der Waals surface area contributed by atoms with E-state index in [4.69, 9.17) is 9.97 Å². The molecule has 0 saturated carbocycles. The summed E-state index contributed by atoms with van der Waals surface area (Å²) in [7, 11) is 0. The minimum atomic E-state index is 0.702. The number of rotatable bonds is 10. The van der Waals surface area contributed by atoms with Crippen LogP contribution in [0.4, 0.5) is 34.1 Å². The van der Waals surface area contributed by atoms with Gasteiger partial charge in [-0.15, -0.1) is 0 Å². The molecule has 316 valence electrons. The van der Waals surface area contributed by atoms with Gasteiger partial charge in [0, 0.05) is 67.3 Å². The number of hydrogen-bond donors (Lipinski definition) is 0. The highest BCUT2D eigenvalue weighted by Crippen LogP contribution is 2.43. The zero-order valence-electron chi connectivity index (χ0n) is 37.2. The zero-order valence-corrected chi connectivity index (χ0v) is 37.2. The van der Waals surface area contributed by atoms with Crippen LogP contribution >= 0.6 is 0 Å². The first-order chi connectivity index (χ1) is 32.4. The fourth-order valence-corrected chi connectivity index (χ4v) is 9.11. The fraction of sp³-hybridized carbons (Fsp3) is 0.0492. The Morgan fingerprint density at radius 1 is 0.333 bits per heavy atom. The highest BCUT2D eigenvalue weighted by molar-refractivity contribution is 6.12. The summed E-state index contributed by atoms with van der Waals surface area (Å²) in [4.78, 5) is 14.9. The molecule has 0 amide bonds. The standard InChI is InChI=1S/C61H47N5/c1-42-24-29-50(30-25-42)64(48-20-12-6-13-21-48)52-33-36-59-54(39-52)55-40-53(65(49-22-14-7-15-23-49)51-31-26-43(2)27-32-51)34-37-60(55)66(59)58-35-28-47(38-44(58)3)57-41-56(45-16-8-4-9-17-45)62-61(63-57)46-18-10-5-11-19-46/h4-41H,1-3H3. The molecule has 11 aromatic rings. The van der Waals surface area contributed by atoms with Gasteiger partial charge in [-0.2, -0.15) is 0 Å². The van der Waals surface area contributed by atoms with Crippen LogP contribution in [-0.2, 0) is 0 Å². The summed E-state index contributed by atoms with van der Waals surface area (Å²) in [6, 6.07) is 82.1. The quantitative estimate of drug-likeness (QED) is 0.137. The molecule has 0 saturated heterocycles. The second kappa shape index (κ2) is 17.2. The highest BCUT2D eigenvalue weighted by atomic mass is 15.1. The number of benzene rings is 9. The lowest BCUT2D eigenvalue weighted by molar-refractivity contribution is 1.14. The van der Waals surface area contributed by atoms with E-state index in [1.807, 2.05) is 24.3 Å². The largest absolute Gasteiger partial charge is 0.310 e. The molecule has 0 unspecified atom stereocenters. The molecule has 0 aliphatic rings. The van der Waals surface area contributed by atoms with Gasteiger partial charge in [0.25, 0.3) is 0 Å². The van der Waals surface area contributed by atoms with Gasteiger partial charge in [0.05, 0.1) is 22.4 Å². The third-order valence-corrected chi connectivity index (χ3v) is 12.4. The van der Waals surface area contributed by atoms with Crippen molar-refractivity contribution >= 4 is 55.9 Å². The number of anilines is 6. The fourth-order valence-electron chi connectivity index (χ4n) is 9.11. The molecule has 11 rings (SSSR count). The number of nitrogens with zero attached hydrogens (tertiary/aromatic N) is 5. The molecule has 0 spiro atoms. The van der Waals surface area contributed by atoms with Gasteiger partial charge in [0.1, 0.15) is 0 Å². The minimum Gasteiger partial charge on any atom is -0.310 e. The number of aryl methyl sites for hydroxylation is 3. The molecule has 0 aliphatic carbocycles. The SMILES string of the molecule is Cc1ccc(N(c2ccccc2)c2ccc3c(c2)c2cc(N(c4ccccc4)c4ccc(C)cc4)ccc2n3-c2ccc(-c3cc(-c4ccccc4)nc(-c4ccccc4)n3)cc2C)cc1. The van der Waals surface area contributed by atoms with Crippen molar-refractivity contribution in [2.45, 2.75) is 20.8 Å². The summed E-state index contributed by atoms with van der Waals surface area (Å²) in [6.07, 6.45) is 0. The van der Waals surface area contributed by atoms with Gasteiger partial charge < -0.3 is 14.4 Å². The number of aromatic nitrogens is 3. The van der Waals surface area contributed by atoms with Gasteiger partial charge >= 0.3 is 0 Å². The first kappa shape index (κ1) is 40.2. The van der Waals surface area contributed by atoms with E-state index in [1.54, 1.807) is 0 Å². The molecule has 0 aliphatic heterocycles. The van der Waals surface area contributed by atoms with Crippen molar-refractivity contribution < 1.29 is 0 Å². The Labute approximate surface area is 386 Å². The molecule has 0 radical (unpaired) electrons. The monoisotopic (exact) mass is 849 g/mol. The van der Waals surface area contributed by atoms with Crippen molar-refractivity contribution in [2.75, 3.05) is 9.80 Å². The Balaban J connectivity index is 1.11. The van der Waals surface area contributed by atoms with Crippen molar-refractivity contribution in [3.8, 4) is 39.6 Å². The van der Waals surface area contributed by atoms with E-state index < -0.39 is 0 Å². The van der Waals surface area contributed by atoms with E-state index in [0.29, 0.717) is 5.82 Å². The molecule has 0 atom stereocenters. The summed E-state index contributed by atoms with van der Waals surface area (Å²) in [5.74, 6) is 0.702. The Bertz CT molecular complexity index is 3270. The van der Waals surface area contributed by atoms with Crippen LogP contribution in [0.2, 0.25) is 0 Å². The van der Waals surface area contributed by atoms with E-state index >= 15 is 0 Å². The highest BCUT2D eigenvalue weighted by Gasteiger charge is 2.21. The van der Waals surface area contributed by atoms with Gasteiger partial charge in [0.15, 0.2) is 5.82 Å². The normalized spacial score (nSPS) is 11.3. The lowest BCUT2D eigenvalue weighted by Gasteiger charge is -2.26. The van der Waals surface area contributed by atoms with Gasteiger partial charge in [-0.1, -0.05) is 139 Å². The molecule has 0 N–H and O–H groups in total. The molecule has 0 fully saturated rings. The lowest BCUT2D eigenvalue weighted by atomic mass is 10.0. The second-order valence-corrected chi connectivity index (χ2v) is 16.9. The molecule has 2 heterocycles. The molecule has 5 heteroatoms. The Morgan fingerprint density at radius 2 is 0.742 bits per heavy atom. The zero-order chi connectivity index (χ0) is 44.6. The summed E-state index contributed by atoms with van der Waals surface area (Å²) >= 11 is 0. The van der Waals surface area contributed by atoms with Gasteiger partial charge in [-0.3, -0.25) is 0 Å². The van der Waals surface area contributed by atoms with E-state index in [9.17, 15) is 0 Å². The van der Waals surface area contributed by atoms with Crippen LogP contribution < -0.4 is 9.80 Å². The van der Waals surface area contributed by atoms with Crippen molar-refractivity contribution in [1.82, 2.24) is 14.5 Å². The predicted octanol–water partition coefficient (Wildman–Crippen LogP) is 16.4. The molecular weight excluding hydrogens is 803 g/mol. The summed E-state index contributed by atoms with van der Waals surface area (Å²) in [5.41, 5.74) is 18.4. The summed E-state index contributed by atoms with van der Waals surface area (Å²) < 4.78 is 2.43. The average Bonchev–Trinajstić information content (AvgIpc) is 3.69. The Hall–Kier alpha value is -8.54. The maximum absolute atomic E-state index is 5.17. The first-order valence-electron chi connectivity index (χ1n) is 22.5. The third-order valence-electron chi connectivity index (χ3n) is 12.4. The van der Waals surface area contributed by atoms with E-state index in [0.717, 1.165) is 95.3 Å². The summed E-state index contributed by atoms with van der Waals surface area (Å²) in [6.45, 7) is 6.48. The summed E-state index contributed by atoms with van der Waals surface area (Å²) in [5, 5.41) is 2.32. The van der Waals surface area contributed by atoms with Gasteiger partial charge in [0.2, 0.25) is 0 Å². The maximum Gasteiger partial charge on any atom is 0.160 e. The molecule has 9 aromatic carbocycles. The molecule has 2 aromatic heterocycles. The molecule has 66 heavy (non-hydrogen) atoms. The number of fused-ring (bicyclic) bond motifs is 3. The van der Waals surface area contributed by atoms with Crippen LogP contribution in [0.5, 0.6) is 0 Å². The minimum absolute atomic E-state index is 0.702. The van der Waals surface area contributed by atoms with Crippen LogP contribution in [0, 0.1) is 20.8 Å². The number of hydrogen-bond acceptors (Lipinski definition) is 4. The third kappa shape index (κ3) is 7.67. The average molecular weight is 850 g/mol. The van der Waals surface area contributed by atoms with Crippen LogP contribution in [-0.4, -0.2) is 14.5 Å². The van der Waals surface area contributed by atoms with Crippen LogP contribution in [0.1, 0.15) is 16.7 Å². The maximum atomic E-state index is 5.17.